The molecular weight excluding hydrogens is 340 g/mol. The number of halogens is 1. The third-order valence-corrected chi connectivity index (χ3v) is 4.43. The van der Waals surface area contributed by atoms with Crippen molar-refractivity contribution in [1.29, 1.82) is 0 Å². The molecule has 1 aliphatic rings. The number of aromatic nitrogens is 3. The fraction of sp³-hybridized carbons (Fsp3) is 0.278. The van der Waals surface area contributed by atoms with Crippen LogP contribution in [0.15, 0.2) is 42.5 Å². The fourth-order valence-corrected chi connectivity index (χ4v) is 2.98. The van der Waals surface area contributed by atoms with E-state index in [1.165, 1.54) is 0 Å². The molecule has 3 aromatic rings. The van der Waals surface area contributed by atoms with Crippen molar-refractivity contribution in [1.82, 2.24) is 15.0 Å². The smallest absolute Gasteiger partial charge is 0.253 e. The molecule has 7 heteroatoms. The van der Waals surface area contributed by atoms with Crippen LogP contribution in [-0.4, -0.2) is 33.6 Å². The molecule has 128 valence electrons. The summed E-state index contributed by atoms with van der Waals surface area (Å²) in [6, 6.07) is 12.8. The van der Waals surface area contributed by atoms with Crippen molar-refractivity contribution in [3.05, 3.63) is 47.5 Å². The van der Waals surface area contributed by atoms with E-state index in [-0.39, 0.29) is 12.0 Å². The first-order valence-electron chi connectivity index (χ1n) is 8.24. The topological polar surface area (TPSA) is 69.0 Å². The zero-order chi connectivity index (χ0) is 17.2. The van der Waals surface area contributed by atoms with Gasteiger partial charge in [0.25, 0.3) is 5.91 Å². The molecule has 1 saturated heterocycles. The Balaban J connectivity index is 1.55. The number of carbonyl (C=O) groups is 1. The van der Waals surface area contributed by atoms with E-state index in [2.05, 4.69) is 15.5 Å². The number of benzene rings is 2. The lowest BCUT2D eigenvalue weighted by Gasteiger charge is -2.21. The van der Waals surface area contributed by atoms with Crippen LogP contribution < -0.4 is 5.32 Å². The standard InChI is InChI=1S/C18H17ClN4O2/c19-12-4-7-14(8-5-12)23-21-15-9-6-13(11-16(15)22-23)20-18(24)17-3-1-2-10-25-17/h4-9,11,17H,1-3,10H2,(H,20,24). The Bertz CT molecular complexity index is 901. The maximum atomic E-state index is 12.3. The first-order valence-corrected chi connectivity index (χ1v) is 8.62. The van der Waals surface area contributed by atoms with Crippen molar-refractivity contribution >= 4 is 34.2 Å². The minimum absolute atomic E-state index is 0.107. The van der Waals surface area contributed by atoms with E-state index in [4.69, 9.17) is 16.3 Å². The normalized spacial score (nSPS) is 17.6. The average molecular weight is 357 g/mol. The summed E-state index contributed by atoms with van der Waals surface area (Å²) in [7, 11) is 0. The summed E-state index contributed by atoms with van der Waals surface area (Å²) in [5, 5.41) is 12.5. The van der Waals surface area contributed by atoms with Gasteiger partial charge in [-0.3, -0.25) is 4.79 Å². The first kappa shape index (κ1) is 16.1. The number of carbonyl (C=O) groups excluding carboxylic acids is 1. The number of nitrogens with zero attached hydrogens (tertiary/aromatic N) is 3. The summed E-state index contributed by atoms with van der Waals surface area (Å²) in [6.45, 7) is 0.645. The Morgan fingerprint density at radius 2 is 1.92 bits per heavy atom. The van der Waals surface area contributed by atoms with E-state index < -0.39 is 0 Å². The van der Waals surface area contributed by atoms with Gasteiger partial charge in [-0.05, 0) is 61.7 Å². The van der Waals surface area contributed by atoms with Crippen molar-refractivity contribution in [2.45, 2.75) is 25.4 Å². The van der Waals surface area contributed by atoms with Crippen molar-refractivity contribution < 1.29 is 9.53 Å². The zero-order valence-electron chi connectivity index (χ0n) is 13.5. The van der Waals surface area contributed by atoms with Crippen LogP contribution in [-0.2, 0) is 9.53 Å². The maximum Gasteiger partial charge on any atom is 0.253 e. The molecule has 1 fully saturated rings. The first-order chi connectivity index (χ1) is 12.2. The summed E-state index contributed by atoms with van der Waals surface area (Å²) in [5.74, 6) is -0.107. The molecule has 2 aromatic carbocycles. The van der Waals surface area contributed by atoms with Crippen LogP contribution >= 0.6 is 11.6 Å². The fourth-order valence-electron chi connectivity index (χ4n) is 2.85. The molecule has 1 aromatic heterocycles. The van der Waals surface area contributed by atoms with Crippen LogP contribution in [0.5, 0.6) is 0 Å². The highest BCUT2D eigenvalue weighted by Gasteiger charge is 2.22. The van der Waals surface area contributed by atoms with Gasteiger partial charge in [-0.1, -0.05) is 11.6 Å². The molecule has 2 heterocycles. The Hall–Kier alpha value is -2.44. The number of hydrogen-bond acceptors (Lipinski definition) is 4. The number of ether oxygens (including phenoxy) is 1. The van der Waals surface area contributed by atoms with Gasteiger partial charge in [0.1, 0.15) is 17.1 Å². The molecule has 1 atom stereocenters. The Morgan fingerprint density at radius 1 is 1.12 bits per heavy atom. The van der Waals surface area contributed by atoms with Crippen LogP contribution in [0.25, 0.3) is 16.7 Å². The second-order valence-corrected chi connectivity index (χ2v) is 6.45. The molecule has 6 nitrogen and oxygen atoms in total. The van der Waals surface area contributed by atoms with Gasteiger partial charge in [-0.2, -0.15) is 4.80 Å². The molecule has 0 bridgehead atoms. The van der Waals surface area contributed by atoms with Gasteiger partial charge in [0, 0.05) is 17.3 Å². The van der Waals surface area contributed by atoms with E-state index in [0.29, 0.717) is 22.8 Å². The molecule has 25 heavy (non-hydrogen) atoms. The van der Waals surface area contributed by atoms with Gasteiger partial charge in [0.15, 0.2) is 0 Å². The Morgan fingerprint density at radius 3 is 2.68 bits per heavy atom. The molecule has 0 saturated carbocycles. The number of nitrogens with one attached hydrogen (secondary N) is 1. The molecular formula is C18H17ClN4O2. The summed E-state index contributed by atoms with van der Waals surface area (Å²) in [6.07, 6.45) is 2.44. The van der Waals surface area contributed by atoms with Crippen molar-refractivity contribution in [2.24, 2.45) is 0 Å². The molecule has 1 unspecified atom stereocenters. The van der Waals surface area contributed by atoms with Gasteiger partial charge in [0.2, 0.25) is 0 Å². The predicted octanol–water partition coefficient (Wildman–Crippen LogP) is 3.58. The summed E-state index contributed by atoms with van der Waals surface area (Å²) >= 11 is 5.91. The van der Waals surface area contributed by atoms with Gasteiger partial charge < -0.3 is 10.1 Å². The third-order valence-electron chi connectivity index (χ3n) is 4.18. The average Bonchev–Trinajstić information content (AvgIpc) is 3.06. The van der Waals surface area contributed by atoms with Crippen LogP contribution in [0.1, 0.15) is 19.3 Å². The highest BCUT2D eigenvalue weighted by Crippen LogP contribution is 2.20. The van der Waals surface area contributed by atoms with Crippen LogP contribution in [0, 0.1) is 0 Å². The Labute approximate surface area is 149 Å². The SMILES string of the molecule is O=C(Nc1ccc2nn(-c3ccc(Cl)cc3)nc2c1)C1CCCCO1. The highest BCUT2D eigenvalue weighted by atomic mass is 35.5. The number of hydrogen-bond donors (Lipinski definition) is 1. The van der Waals surface area contributed by atoms with Gasteiger partial charge in [-0.25, -0.2) is 0 Å². The van der Waals surface area contributed by atoms with Gasteiger partial charge >= 0.3 is 0 Å². The van der Waals surface area contributed by atoms with Gasteiger partial charge in [0.05, 0.1) is 5.69 Å². The molecule has 0 spiro atoms. The number of anilines is 1. The monoisotopic (exact) mass is 356 g/mol. The second-order valence-electron chi connectivity index (χ2n) is 6.01. The third kappa shape index (κ3) is 3.50. The van der Waals surface area contributed by atoms with E-state index in [1.54, 1.807) is 16.9 Å². The largest absolute Gasteiger partial charge is 0.368 e. The highest BCUT2D eigenvalue weighted by molar-refractivity contribution is 6.30. The van der Waals surface area contributed by atoms with Crippen LogP contribution in [0.4, 0.5) is 5.69 Å². The van der Waals surface area contributed by atoms with E-state index in [0.717, 1.165) is 30.5 Å². The zero-order valence-corrected chi connectivity index (χ0v) is 14.2. The quantitative estimate of drug-likeness (QED) is 0.778. The maximum absolute atomic E-state index is 12.3. The van der Waals surface area contributed by atoms with Crippen molar-refractivity contribution in [2.75, 3.05) is 11.9 Å². The van der Waals surface area contributed by atoms with Gasteiger partial charge in [-0.15, -0.1) is 10.2 Å². The molecule has 1 aliphatic heterocycles. The molecule has 0 aliphatic carbocycles. The van der Waals surface area contributed by atoms with E-state index in [1.807, 2.05) is 30.3 Å². The predicted molar refractivity (Wildman–Crippen MR) is 96.1 cm³/mol. The lowest BCUT2D eigenvalue weighted by atomic mass is 10.1. The molecule has 1 amide bonds. The van der Waals surface area contributed by atoms with Crippen LogP contribution in [0.2, 0.25) is 5.02 Å². The molecule has 0 radical (unpaired) electrons. The number of amides is 1. The van der Waals surface area contributed by atoms with Crippen LogP contribution in [0.3, 0.4) is 0 Å². The minimum Gasteiger partial charge on any atom is -0.368 e. The molecule has 1 N–H and O–H groups in total. The lowest BCUT2D eigenvalue weighted by molar-refractivity contribution is -0.129. The molecule has 4 rings (SSSR count). The van der Waals surface area contributed by atoms with Crippen molar-refractivity contribution in [3.63, 3.8) is 0 Å². The minimum atomic E-state index is -0.366. The summed E-state index contributed by atoms with van der Waals surface area (Å²) < 4.78 is 5.52. The Kier molecular flexibility index (Phi) is 4.38. The summed E-state index contributed by atoms with van der Waals surface area (Å²) in [5.41, 5.74) is 2.97. The number of rotatable bonds is 3. The van der Waals surface area contributed by atoms with E-state index >= 15 is 0 Å². The van der Waals surface area contributed by atoms with Crippen molar-refractivity contribution in [3.8, 4) is 5.69 Å². The van der Waals surface area contributed by atoms with E-state index in [9.17, 15) is 4.79 Å². The summed E-state index contributed by atoms with van der Waals surface area (Å²) in [4.78, 5) is 13.8. The number of fused-ring (bicyclic) bond motifs is 1. The second kappa shape index (κ2) is 6.82. The lowest BCUT2D eigenvalue weighted by Crippen LogP contribution is -2.33.